The molecule has 1 unspecified atom stereocenters. The summed E-state index contributed by atoms with van der Waals surface area (Å²) in [4.78, 5) is 7.31. The lowest BCUT2D eigenvalue weighted by Crippen LogP contribution is -2.22. The maximum absolute atomic E-state index is 5.96. The predicted molar refractivity (Wildman–Crippen MR) is 85.9 cm³/mol. The fourth-order valence-electron chi connectivity index (χ4n) is 3.45. The van der Waals surface area contributed by atoms with Crippen LogP contribution in [0.15, 0.2) is 0 Å². The molecule has 1 fully saturated rings. The molecule has 1 saturated heterocycles. The van der Waals surface area contributed by atoms with E-state index >= 15 is 0 Å². The van der Waals surface area contributed by atoms with E-state index in [0.29, 0.717) is 11.8 Å². The first-order chi connectivity index (χ1) is 10.1. The number of nitrogens with zero attached hydrogens (tertiary/aromatic N) is 5. The van der Waals surface area contributed by atoms with Gasteiger partial charge >= 0.3 is 0 Å². The molecule has 0 amide bonds. The third kappa shape index (κ3) is 2.69. The summed E-state index contributed by atoms with van der Waals surface area (Å²) < 4.78 is 4.31. The lowest BCUT2D eigenvalue weighted by atomic mass is 10.1. The van der Waals surface area contributed by atoms with Gasteiger partial charge in [0.05, 0.1) is 5.69 Å². The summed E-state index contributed by atoms with van der Waals surface area (Å²) in [6.45, 7) is 8.84. The number of fused-ring (bicyclic) bond motifs is 1. The van der Waals surface area contributed by atoms with Gasteiger partial charge in [-0.15, -0.1) is 11.6 Å². The van der Waals surface area contributed by atoms with E-state index in [-0.39, 0.29) is 0 Å². The Kier molecular flexibility index (Phi) is 4.22. The standard InChI is InChI=1S/C15H24ClN5/c1-4-20-8-6-12(9-20)10-21-13(5-7-16)17-14-11(2)18-19(3)15(14)21/h12H,4-10H2,1-3H3. The normalized spacial score (nSPS) is 19.9. The van der Waals surface area contributed by atoms with Gasteiger partial charge in [0.1, 0.15) is 11.3 Å². The SMILES string of the molecule is CCN1CCC(Cn2c(CCCl)nc3c(C)nn(C)c32)C1. The molecule has 0 bridgehead atoms. The Hall–Kier alpha value is -1.07. The first kappa shape index (κ1) is 14.9. The Morgan fingerprint density at radius 3 is 2.86 bits per heavy atom. The van der Waals surface area contributed by atoms with Crippen molar-refractivity contribution in [1.29, 1.82) is 0 Å². The third-order valence-electron chi connectivity index (χ3n) is 4.55. The van der Waals surface area contributed by atoms with Crippen LogP contribution in [0.3, 0.4) is 0 Å². The molecule has 21 heavy (non-hydrogen) atoms. The smallest absolute Gasteiger partial charge is 0.158 e. The van der Waals surface area contributed by atoms with E-state index in [4.69, 9.17) is 16.6 Å². The number of hydrogen-bond acceptors (Lipinski definition) is 3. The summed E-state index contributed by atoms with van der Waals surface area (Å²) >= 11 is 5.96. The molecule has 3 rings (SSSR count). The summed E-state index contributed by atoms with van der Waals surface area (Å²) in [5, 5.41) is 4.51. The molecular weight excluding hydrogens is 286 g/mol. The van der Waals surface area contributed by atoms with Crippen LogP contribution < -0.4 is 0 Å². The molecule has 6 heteroatoms. The number of likely N-dealkylation sites (tertiary alicyclic amines) is 1. The summed E-state index contributed by atoms with van der Waals surface area (Å²) in [5.41, 5.74) is 3.18. The first-order valence-electron chi connectivity index (χ1n) is 7.81. The van der Waals surface area contributed by atoms with Crippen LogP contribution in [0.4, 0.5) is 0 Å². The molecule has 116 valence electrons. The Balaban J connectivity index is 1.93. The minimum atomic E-state index is 0.613. The third-order valence-corrected chi connectivity index (χ3v) is 4.73. The number of alkyl halides is 1. The molecule has 0 aromatic carbocycles. The highest BCUT2D eigenvalue weighted by atomic mass is 35.5. The predicted octanol–water partition coefficient (Wildman–Crippen LogP) is 2.20. The molecule has 2 aromatic rings. The van der Waals surface area contributed by atoms with Crippen LogP contribution in [-0.4, -0.2) is 49.7 Å². The highest BCUT2D eigenvalue weighted by Crippen LogP contribution is 2.24. The van der Waals surface area contributed by atoms with Gasteiger partial charge < -0.3 is 9.47 Å². The fourth-order valence-corrected chi connectivity index (χ4v) is 3.62. The number of halogens is 1. The molecule has 0 aliphatic carbocycles. The Morgan fingerprint density at radius 2 is 2.19 bits per heavy atom. The van der Waals surface area contributed by atoms with Crippen molar-refractivity contribution in [2.45, 2.75) is 33.2 Å². The van der Waals surface area contributed by atoms with Crippen LogP contribution >= 0.6 is 11.6 Å². The van der Waals surface area contributed by atoms with Crippen LogP contribution in [0.25, 0.3) is 11.2 Å². The van der Waals surface area contributed by atoms with E-state index in [9.17, 15) is 0 Å². The lowest BCUT2D eigenvalue weighted by Gasteiger charge is -2.16. The van der Waals surface area contributed by atoms with Crippen molar-refractivity contribution in [1.82, 2.24) is 24.2 Å². The molecule has 0 radical (unpaired) electrons. The van der Waals surface area contributed by atoms with Crippen molar-refractivity contribution in [2.24, 2.45) is 13.0 Å². The molecule has 0 saturated carbocycles. The summed E-state index contributed by atoms with van der Waals surface area (Å²) in [6, 6.07) is 0. The maximum Gasteiger partial charge on any atom is 0.158 e. The second-order valence-electron chi connectivity index (χ2n) is 6.01. The zero-order valence-electron chi connectivity index (χ0n) is 13.1. The number of aromatic nitrogens is 4. The minimum absolute atomic E-state index is 0.613. The van der Waals surface area contributed by atoms with Crippen molar-refractivity contribution in [3.8, 4) is 0 Å². The molecule has 0 N–H and O–H groups in total. The van der Waals surface area contributed by atoms with Gasteiger partial charge in [-0.05, 0) is 32.4 Å². The van der Waals surface area contributed by atoms with Crippen LogP contribution in [0.5, 0.6) is 0 Å². The number of aryl methyl sites for hydroxylation is 3. The molecule has 3 heterocycles. The zero-order valence-corrected chi connectivity index (χ0v) is 13.9. The highest BCUT2D eigenvalue weighted by molar-refractivity contribution is 6.17. The second kappa shape index (κ2) is 5.97. The van der Waals surface area contributed by atoms with Crippen LogP contribution in [-0.2, 0) is 20.0 Å². The molecule has 0 spiro atoms. The molecule has 1 aliphatic heterocycles. The molecular formula is C15H24ClN5. The molecule has 1 atom stereocenters. The Morgan fingerprint density at radius 1 is 1.38 bits per heavy atom. The van der Waals surface area contributed by atoms with Gasteiger partial charge in [0.25, 0.3) is 0 Å². The van der Waals surface area contributed by atoms with Crippen molar-refractivity contribution in [3.05, 3.63) is 11.5 Å². The molecule has 1 aliphatic rings. The monoisotopic (exact) mass is 309 g/mol. The van der Waals surface area contributed by atoms with Crippen molar-refractivity contribution in [2.75, 3.05) is 25.5 Å². The van der Waals surface area contributed by atoms with Gasteiger partial charge in [-0.1, -0.05) is 6.92 Å². The van der Waals surface area contributed by atoms with Crippen LogP contribution in [0.2, 0.25) is 0 Å². The number of rotatable bonds is 5. The van der Waals surface area contributed by atoms with Gasteiger partial charge in [-0.25, -0.2) is 4.98 Å². The van der Waals surface area contributed by atoms with Crippen LogP contribution in [0.1, 0.15) is 24.9 Å². The Bertz CT molecular complexity index is 630. The van der Waals surface area contributed by atoms with E-state index in [2.05, 4.69) is 21.5 Å². The molecule has 2 aromatic heterocycles. The average molecular weight is 310 g/mol. The number of imidazole rings is 1. The van der Waals surface area contributed by atoms with E-state index in [1.807, 2.05) is 18.7 Å². The van der Waals surface area contributed by atoms with E-state index in [0.717, 1.165) is 42.2 Å². The lowest BCUT2D eigenvalue weighted by molar-refractivity contribution is 0.332. The van der Waals surface area contributed by atoms with Crippen LogP contribution in [0, 0.1) is 12.8 Å². The fraction of sp³-hybridized carbons (Fsp3) is 0.733. The van der Waals surface area contributed by atoms with Gasteiger partial charge in [0, 0.05) is 32.4 Å². The van der Waals surface area contributed by atoms with Crippen molar-refractivity contribution < 1.29 is 0 Å². The zero-order chi connectivity index (χ0) is 15.0. The summed E-state index contributed by atoms with van der Waals surface area (Å²) in [6.07, 6.45) is 2.09. The maximum atomic E-state index is 5.96. The highest BCUT2D eigenvalue weighted by Gasteiger charge is 2.25. The number of hydrogen-bond donors (Lipinski definition) is 0. The topological polar surface area (TPSA) is 38.9 Å². The summed E-state index contributed by atoms with van der Waals surface area (Å²) in [7, 11) is 2.00. The van der Waals surface area contributed by atoms with Gasteiger partial charge in [0.15, 0.2) is 5.65 Å². The van der Waals surface area contributed by atoms with E-state index < -0.39 is 0 Å². The molecule has 5 nitrogen and oxygen atoms in total. The van der Waals surface area contributed by atoms with E-state index in [1.54, 1.807) is 0 Å². The average Bonchev–Trinajstić information content (AvgIpc) is 3.11. The quantitative estimate of drug-likeness (QED) is 0.795. The summed E-state index contributed by atoms with van der Waals surface area (Å²) in [5.74, 6) is 2.42. The largest absolute Gasteiger partial charge is 0.313 e. The van der Waals surface area contributed by atoms with Crippen molar-refractivity contribution in [3.63, 3.8) is 0 Å². The first-order valence-corrected chi connectivity index (χ1v) is 8.34. The second-order valence-corrected chi connectivity index (χ2v) is 6.38. The minimum Gasteiger partial charge on any atom is -0.313 e. The van der Waals surface area contributed by atoms with Gasteiger partial charge in [-0.2, -0.15) is 5.10 Å². The Labute approximate surface area is 130 Å². The van der Waals surface area contributed by atoms with Gasteiger partial charge in [0.2, 0.25) is 0 Å². The van der Waals surface area contributed by atoms with E-state index in [1.165, 1.54) is 19.5 Å². The van der Waals surface area contributed by atoms with Crippen molar-refractivity contribution >= 4 is 22.8 Å². The van der Waals surface area contributed by atoms with Gasteiger partial charge in [-0.3, -0.25) is 4.68 Å².